The number of aliphatic hydroxyl groups excluding tert-OH is 4. The summed E-state index contributed by atoms with van der Waals surface area (Å²) in [5.41, 5.74) is 5.42. The first-order valence-corrected chi connectivity index (χ1v) is 25.9. The number of carbonyl (C=O) groups is 9. The van der Waals surface area contributed by atoms with Crippen molar-refractivity contribution in [3.05, 3.63) is 152 Å². The van der Waals surface area contributed by atoms with E-state index >= 15 is 0 Å². The molecule has 430 valence electrons. The topological polar surface area (TPSA) is 290 Å². The fourth-order valence-electron chi connectivity index (χ4n) is 8.83. The number of Topliss-reactive ketones (excluding diaryl/α,β-unsaturated/α-hetero) is 3. The molecule has 0 radical (unpaired) electrons. The molecule has 2 aliphatic carbocycles. The summed E-state index contributed by atoms with van der Waals surface area (Å²) < 4.78 is 30.2. The van der Waals surface area contributed by atoms with Crippen LogP contribution < -0.4 is 0 Å². The van der Waals surface area contributed by atoms with Gasteiger partial charge in [-0.1, -0.05) is 135 Å². The Bertz CT molecular complexity index is 2930. The van der Waals surface area contributed by atoms with Gasteiger partial charge in [-0.3, -0.25) is 33.6 Å². The van der Waals surface area contributed by atoms with E-state index in [0.717, 1.165) is 33.4 Å². The summed E-state index contributed by atoms with van der Waals surface area (Å²) in [6, 6.07) is 0. The largest absolute Gasteiger partial charge is 0.505 e. The van der Waals surface area contributed by atoms with Crippen LogP contribution in [0.5, 0.6) is 0 Å². The Labute approximate surface area is 465 Å². The molecule has 4 aliphatic rings. The summed E-state index contributed by atoms with van der Waals surface area (Å²) in [5, 5.41) is 38.8. The van der Waals surface area contributed by atoms with Crippen LogP contribution in [0, 0.1) is 10.8 Å². The molecule has 4 rings (SSSR count). The molecule has 0 aromatic carbocycles. The van der Waals surface area contributed by atoms with Crippen molar-refractivity contribution in [2.45, 2.75) is 145 Å². The van der Waals surface area contributed by atoms with Gasteiger partial charge in [-0.15, -0.1) is 0 Å². The third-order valence-corrected chi connectivity index (χ3v) is 13.5. The maximum Gasteiger partial charge on any atom is 0.378 e. The molecule has 0 saturated carbocycles. The third-order valence-electron chi connectivity index (χ3n) is 13.5. The summed E-state index contributed by atoms with van der Waals surface area (Å²) in [4.78, 5) is 111. The zero-order valence-corrected chi connectivity index (χ0v) is 47.0. The van der Waals surface area contributed by atoms with Crippen molar-refractivity contribution in [1.82, 2.24) is 0 Å². The van der Waals surface area contributed by atoms with Crippen molar-refractivity contribution in [3.63, 3.8) is 0 Å². The van der Waals surface area contributed by atoms with Crippen LogP contribution in [0.25, 0.3) is 0 Å². The molecule has 2 aliphatic heterocycles. The van der Waals surface area contributed by atoms with Gasteiger partial charge in [-0.25, -0.2) is 9.59 Å². The minimum Gasteiger partial charge on any atom is -0.505 e. The Morgan fingerprint density at radius 1 is 0.575 bits per heavy atom. The zero-order chi connectivity index (χ0) is 59.8. The van der Waals surface area contributed by atoms with E-state index in [1.165, 1.54) is 6.92 Å². The normalized spacial score (nSPS) is 22.6. The molecule has 5 unspecified atom stereocenters. The van der Waals surface area contributed by atoms with Crippen LogP contribution in [-0.2, 0) is 71.6 Å². The molecule has 2 heterocycles. The van der Waals surface area contributed by atoms with E-state index in [9.17, 15) is 63.6 Å². The summed E-state index contributed by atoms with van der Waals surface area (Å²) in [7, 11) is 0. The van der Waals surface area contributed by atoms with Gasteiger partial charge in [0.25, 0.3) is 0 Å². The quantitative estimate of drug-likeness (QED) is 0.0399. The third kappa shape index (κ3) is 18.2. The van der Waals surface area contributed by atoms with Gasteiger partial charge in [-0.05, 0) is 81.6 Å². The number of aliphatic hydroxyl groups is 4. The van der Waals surface area contributed by atoms with E-state index in [2.05, 4.69) is 4.74 Å². The molecule has 0 bridgehead atoms. The second-order valence-electron chi connectivity index (χ2n) is 21.1. The van der Waals surface area contributed by atoms with Crippen LogP contribution in [0.2, 0.25) is 0 Å². The van der Waals surface area contributed by atoms with E-state index in [1.54, 1.807) is 13.8 Å². The van der Waals surface area contributed by atoms with Crippen LogP contribution in [0.15, 0.2) is 152 Å². The van der Waals surface area contributed by atoms with Crippen molar-refractivity contribution >= 4 is 53.2 Å². The van der Waals surface area contributed by atoms with Gasteiger partial charge >= 0.3 is 35.8 Å². The molecular formula is C61H72O19. The predicted molar refractivity (Wildman–Crippen MR) is 291 cm³/mol. The molecule has 19 nitrogen and oxygen atoms in total. The molecule has 0 amide bonds. The Balaban J connectivity index is 1.20. The number of hydrogen-bond donors (Lipinski definition) is 4. The highest BCUT2D eigenvalue weighted by Crippen LogP contribution is 2.42. The molecule has 0 fully saturated rings. The lowest BCUT2D eigenvalue weighted by molar-refractivity contribution is -0.160. The minimum atomic E-state index is -1.79. The van der Waals surface area contributed by atoms with Crippen LogP contribution in [0.1, 0.15) is 115 Å². The number of ether oxygens (including phenoxy) is 6. The Morgan fingerprint density at radius 3 is 1.39 bits per heavy atom. The number of esters is 6. The molecule has 0 saturated heterocycles. The molecule has 5 atom stereocenters. The smallest absolute Gasteiger partial charge is 0.378 e. The van der Waals surface area contributed by atoms with Crippen molar-refractivity contribution in [1.29, 1.82) is 0 Å². The lowest BCUT2D eigenvalue weighted by Gasteiger charge is -2.36. The summed E-state index contributed by atoms with van der Waals surface area (Å²) in [6.07, 6.45) is 19.4. The van der Waals surface area contributed by atoms with Crippen LogP contribution >= 0.6 is 0 Å². The predicted octanol–water partition coefficient (Wildman–Crippen LogP) is 8.59. The Hall–Kier alpha value is -8.19. The van der Waals surface area contributed by atoms with Crippen LogP contribution in [0.3, 0.4) is 0 Å². The van der Waals surface area contributed by atoms with Gasteiger partial charge in [0.2, 0.25) is 23.4 Å². The lowest BCUT2D eigenvalue weighted by atomic mass is 9.71. The van der Waals surface area contributed by atoms with Gasteiger partial charge in [0.15, 0.2) is 42.2 Å². The highest BCUT2D eigenvalue weighted by molar-refractivity contribution is 6.03. The van der Waals surface area contributed by atoms with Gasteiger partial charge in [0.05, 0.1) is 25.7 Å². The van der Waals surface area contributed by atoms with E-state index < -0.39 is 126 Å². The van der Waals surface area contributed by atoms with Gasteiger partial charge in [0, 0.05) is 18.4 Å². The van der Waals surface area contributed by atoms with Gasteiger partial charge < -0.3 is 48.8 Å². The maximum atomic E-state index is 13.3. The molecule has 4 N–H and O–H groups in total. The first-order valence-electron chi connectivity index (χ1n) is 25.9. The number of hydrogen-bond acceptors (Lipinski definition) is 19. The van der Waals surface area contributed by atoms with Crippen molar-refractivity contribution in [2.75, 3.05) is 13.2 Å². The molecule has 0 aromatic rings. The number of cyclic esters (lactones) is 2. The zero-order valence-electron chi connectivity index (χ0n) is 47.0. The van der Waals surface area contributed by atoms with Crippen LogP contribution in [-0.4, -0.2) is 117 Å². The molecule has 0 aromatic heterocycles. The number of rotatable bonds is 24. The van der Waals surface area contributed by atoms with Gasteiger partial charge in [0.1, 0.15) is 12.7 Å². The lowest BCUT2D eigenvalue weighted by Crippen LogP contribution is -2.39. The fourth-order valence-corrected chi connectivity index (χ4v) is 8.83. The molecule has 80 heavy (non-hydrogen) atoms. The van der Waals surface area contributed by atoms with E-state index in [-0.39, 0.29) is 42.8 Å². The average molecular weight is 1110 g/mol. The number of ketones is 3. The van der Waals surface area contributed by atoms with Crippen molar-refractivity contribution < 1.29 is 92.0 Å². The monoisotopic (exact) mass is 1110 g/mol. The second kappa shape index (κ2) is 28.6. The Morgan fingerprint density at radius 2 is 0.975 bits per heavy atom. The SMILES string of the molecule is CC1=C(/C=C/C(C)=C/C=C/C(C)=C/C=C/C=C(C)/C=C/C=C(C)/C=C/C2=C(C)C(=O)C(OC(=O)CCC(=O)OCC(O)C3OC(=O)C(O)=C3C)CC2(C)C)C(C)(C)CC(OC(=O)CCC(=O)OCC(=O)C2OC(=O)C(O)=C2O)C1=O. The van der Waals surface area contributed by atoms with E-state index in [0.29, 0.717) is 11.1 Å². The van der Waals surface area contributed by atoms with E-state index in [1.807, 2.05) is 140 Å². The van der Waals surface area contributed by atoms with Gasteiger partial charge in [-0.2, -0.15) is 0 Å². The second-order valence-corrected chi connectivity index (χ2v) is 21.1. The molecular weight excluding hydrogens is 1040 g/mol. The summed E-state index contributed by atoms with van der Waals surface area (Å²) in [5.74, 6) is -9.99. The summed E-state index contributed by atoms with van der Waals surface area (Å²) in [6.45, 7) is 19.0. The first kappa shape index (κ1) is 64.3. The first-order chi connectivity index (χ1) is 37.4. The molecule has 0 spiro atoms. The van der Waals surface area contributed by atoms with Crippen LogP contribution in [0.4, 0.5) is 0 Å². The highest BCUT2D eigenvalue weighted by Gasteiger charge is 2.43. The fraction of sp³-hybridized carbons (Fsp3) is 0.426. The number of allylic oxidation sites excluding steroid dienone is 20. The van der Waals surface area contributed by atoms with Crippen molar-refractivity contribution in [3.8, 4) is 0 Å². The average Bonchev–Trinajstić information content (AvgIpc) is 3.83. The maximum absolute atomic E-state index is 13.3. The Kier molecular flexibility index (Phi) is 23.0. The molecule has 19 heteroatoms. The highest BCUT2D eigenvalue weighted by atomic mass is 16.6. The number of carbonyl (C=O) groups excluding carboxylic acids is 9. The summed E-state index contributed by atoms with van der Waals surface area (Å²) >= 11 is 0. The standard InChI is InChI=1S/C61H72O19/c1-34(18-14-20-36(3)22-24-41-38(5)51(68)45(30-60(41,8)9)77-49(66)28-26-47(64)75-32-43(62)56-40(7)53(70)58(73)79-56)16-12-13-17-35(2)19-15-21-37(4)23-25-42-39(6)52(69)46(31-61(42,10)11)78-50(67)29-27-48(65)76-33-44(63)57-54(71)55(72)59(74)80-57/h12-25,43,45-46,56-57,62,70-72H,26-33H2,1-11H3/b13-12+,18-14+,19-15+,24-22+,25-23+,34-16+,35-17+,36-20+,37-21+. The van der Waals surface area contributed by atoms with Crippen molar-refractivity contribution in [2.24, 2.45) is 10.8 Å². The minimum absolute atomic E-state index is 0.112. The van der Waals surface area contributed by atoms with E-state index in [4.69, 9.17) is 23.7 Å².